The molecule has 0 fully saturated rings. The Kier molecular flexibility index (Phi) is 5.58. The van der Waals surface area contributed by atoms with Crippen molar-refractivity contribution < 1.29 is 14.3 Å². The highest BCUT2D eigenvalue weighted by Crippen LogP contribution is 2.15. The molecule has 0 unspecified atom stereocenters. The minimum atomic E-state index is 0.564. The monoisotopic (exact) mass is 211 g/mol. The molecular weight excluding hydrogens is 194 g/mol. The molecule has 0 aliphatic heterocycles. The molecule has 1 rings (SSSR count). The molecule has 0 aromatic heterocycles. The zero-order valence-electron chi connectivity index (χ0n) is 9.16. The molecule has 0 saturated heterocycles. The molecule has 4 heteroatoms. The fourth-order valence-corrected chi connectivity index (χ4v) is 1.02. The molecule has 0 saturated carbocycles. The summed E-state index contributed by atoms with van der Waals surface area (Å²) in [7, 11) is 1.65. The Morgan fingerprint density at radius 2 is 1.87 bits per heavy atom. The summed E-state index contributed by atoms with van der Waals surface area (Å²) >= 11 is 0. The fourth-order valence-electron chi connectivity index (χ4n) is 1.02. The van der Waals surface area contributed by atoms with Gasteiger partial charge in [0.2, 0.25) is 0 Å². The minimum absolute atomic E-state index is 0.564. The highest BCUT2D eigenvalue weighted by atomic mass is 16.6. The summed E-state index contributed by atoms with van der Waals surface area (Å²) in [5, 5.41) is 0. The van der Waals surface area contributed by atoms with E-state index in [4.69, 9.17) is 14.3 Å². The van der Waals surface area contributed by atoms with Crippen molar-refractivity contribution in [2.75, 3.05) is 32.4 Å². The van der Waals surface area contributed by atoms with Crippen molar-refractivity contribution in [2.45, 2.75) is 6.92 Å². The lowest BCUT2D eigenvalue weighted by atomic mass is 10.3. The summed E-state index contributed by atoms with van der Waals surface area (Å²) in [6.07, 6.45) is 0. The molecule has 0 spiro atoms. The van der Waals surface area contributed by atoms with Gasteiger partial charge >= 0.3 is 0 Å². The van der Waals surface area contributed by atoms with Crippen LogP contribution < -0.4 is 10.2 Å². The highest BCUT2D eigenvalue weighted by molar-refractivity contribution is 5.44. The maximum atomic E-state index is 5.41. The van der Waals surface area contributed by atoms with Crippen LogP contribution in [0.5, 0.6) is 5.75 Å². The molecule has 1 N–H and O–H groups in total. The quantitative estimate of drug-likeness (QED) is 0.553. The first-order valence-corrected chi connectivity index (χ1v) is 4.96. The van der Waals surface area contributed by atoms with Gasteiger partial charge in [-0.1, -0.05) is 0 Å². The van der Waals surface area contributed by atoms with Crippen molar-refractivity contribution in [3.63, 3.8) is 0 Å². The molecule has 1 aromatic rings. The van der Waals surface area contributed by atoms with E-state index < -0.39 is 0 Å². The summed E-state index contributed by atoms with van der Waals surface area (Å²) in [6.45, 7) is 3.72. The number of methoxy groups -OCH3 is 1. The van der Waals surface area contributed by atoms with E-state index >= 15 is 0 Å². The van der Waals surface area contributed by atoms with Crippen molar-refractivity contribution in [1.29, 1.82) is 0 Å². The van der Waals surface area contributed by atoms with Crippen molar-refractivity contribution in [2.24, 2.45) is 0 Å². The van der Waals surface area contributed by atoms with Crippen LogP contribution in [0.3, 0.4) is 0 Å². The van der Waals surface area contributed by atoms with Gasteiger partial charge in [-0.05, 0) is 31.2 Å². The van der Waals surface area contributed by atoms with Crippen molar-refractivity contribution in [1.82, 2.24) is 0 Å². The van der Waals surface area contributed by atoms with Crippen LogP contribution >= 0.6 is 0 Å². The second kappa shape index (κ2) is 7.09. The molecule has 1 aromatic carbocycles. The van der Waals surface area contributed by atoms with Gasteiger partial charge in [0.25, 0.3) is 0 Å². The molecule has 4 nitrogen and oxygen atoms in total. The predicted octanol–water partition coefficient (Wildman–Crippen LogP) is 2.08. The molecule has 0 heterocycles. The van der Waals surface area contributed by atoms with E-state index in [0.29, 0.717) is 19.8 Å². The second-order valence-corrected chi connectivity index (χ2v) is 2.90. The third kappa shape index (κ3) is 4.67. The topological polar surface area (TPSA) is 39.7 Å². The summed E-state index contributed by atoms with van der Waals surface area (Å²) in [5.74, 6) is 0.828. The smallest absolute Gasteiger partial charge is 0.119 e. The maximum Gasteiger partial charge on any atom is 0.119 e. The maximum absolute atomic E-state index is 5.41. The Morgan fingerprint density at radius 1 is 1.13 bits per heavy atom. The molecule has 0 aliphatic carbocycles. The molecule has 0 bridgehead atoms. The summed E-state index contributed by atoms with van der Waals surface area (Å²) in [6, 6.07) is 7.57. The summed E-state index contributed by atoms with van der Waals surface area (Å²) in [4.78, 5) is 5.05. The average molecular weight is 211 g/mol. The van der Waals surface area contributed by atoms with Gasteiger partial charge in [0, 0.05) is 7.11 Å². The van der Waals surface area contributed by atoms with Gasteiger partial charge in [-0.25, -0.2) is 0 Å². The standard InChI is InChI=1S/C11H17NO3/c1-3-15-12-10-4-6-11(7-5-10)14-9-8-13-2/h4-7,12H,3,8-9H2,1-2H3. The molecule has 84 valence electrons. The number of anilines is 1. The largest absolute Gasteiger partial charge is 0.491 e. The van der Waals surface area contributed by atoms with Crippen LogP contribution in [0.2, 0.25) is 0 Å². The lowest BCUT2D eigenvalue weighted by molar-refractivity contribution is 0.146. The molecule has 15 heavy (non-hydrogen) atoms. The van der Waals surface area contributed by atoms with E-state index in [1.54, 1.807) is 7.11 Å². The third-order valence-corrected chi connectivity index (χ3v) is 1.74. The Hall–Kier alpha value is -1.26. The first-order chi connectivity index (χ1) is 7.36. The fraction of sp³-hybridized carbons (Fsp3) is 0.455. The Bertz CT molecular complexity index is 261. The van der Waals surface area contributed by atoms with Crippen LogP contribution in [0.25, 0.3) is 0 Å². The summed E-state index contributed by atoms with van der Waals surface area (Å²) in [5.41, 5.74) is 3.72. The lowest BCUT2D eigenvalue weighted by Gasteiger charge is -2.07. The zero-order valence-corrected chi connectivity index (χ0v) is 9.16. The molecular formula is C11H17NO3. The predicted molar refractivity (Wildman–Crippen MR) is 59.1 cm³/mol. The van der Waals surface area contributed by atoms with Gasteiger partial charge in [0.1, 0.15) is 12.4 Å². The van der Waals surface area contributed by atoms with E-state index in [2.05, 4.69) is 5.48 Å². The van der Waals surface area contributed by atoms with Gasteiger partial charge < -0.3 is 9.47 Å². The van der Waals surface area contributed by atoms with Crippen LogP contribution in [0.1, 0.15) is 6.92 Å². The normalized spacial score (nSPS) is 10.0. The zero-order chi connectivity index (χ0) is 10.9. The van der Waals surface area contributed by atoms with Crippen molar-refractivity contribution in [3.05, 3.63) is 24.3 Å². The van der Waals surface area contributed by atoms with Crippen molar-refractivity contribution in [3.8, 4) is 5.75 Å². The van der Waals surface area contributed by atoms with E-state index in [0.717, 1.165) is 11.4 Å². The minimum Gasteiger partial charge on any atom is -0.491 e. The van der Waals surface area contributed by atoms with Gasteiger partial charge in [-0.3, -0.25) is 10.3 Å². The van der Waals surface area contributed by atoms with E-state index in [9.17, 15) is 0 Å². The van der Waals surface area contributed by atoms with E-state index in [1.165, 1.54) is 0 Å². The summed E-state index contributed by atoms with van der Waals surface area (Å²) < 4.78 is 10.3. The van der Waals surface area contributed by atoms with Crippen LogP contribution in [-0.4, -0.2) is 26.9 Å². The number of hydrogen-bond acceptors (Lipinski definition) is 4. The Balaban J connectivity index is 2.35. The first kappa shape index (κ1) is 11.8. The van der Waals surface area contributed by atoms with E-state index in [-0.39, 0.29) is 0 Å². The number of rotatable bonds is 7. The van der Waals surface area contributed by atoms with Gasteiger partial charge in [-0.2, -0.15) is 0 Å². The average Bonchev–Trinajstić information content (AvgIpc) is 2.28. The first-order valence-electron chi connectivity index (χ1n) is 4.96. The van der Waals surface area contributed by atoms with Crippen LogP contribution in [-0.2, 0) is 9.57 Å². The molecule has 0 amide bonds. The Labute approximate surface area is 90.1 Å². The third-order valence-electron chi connectivity index (χ3n) is 1.74. The number of ether oxygens (including phenoxy) is 2. The molecule has 0 radical (unpaired) electrons. The van der Waals surface area contributed by atoms with Crippen LogP contribution in [0, 0.1) is 0 Å². The van der Waals surface area contributed by atoms with Crippen molar-refractivity contribution >= 4 is 5.69 Å². The van der Waals surface area contributed by atoms with Gasteiger partial charge in [0.15, 0.2) is 0 Å². The number of hydrogen-bond donors (Lipinski definition) is 1. The van der Waals surface area contributed by atoms with Gasteiger partial charge in [-0.15, -0.1) is 0 Å². The Morgan fingerprint density at radius 3 is 2.47 bits per heavy atom. The SMILES string of the molecule is CCONc1ccc(OCCOC)cc1. The lowest BCUT2D eigenvalue weighted by Crippen LogP contribution is -2.04. The van der Waals surface area contributed by atoms with Crippen LogP contribution in [0.4, 0.5) is 5.69 Å². The number of nitrogens with one attached hydrogen (secondary N) is 1. The van der Waals surface area contributed by atoms with Crippen LogP contribution in [0.15, 0.2) is 24.3 Å². The highest BCUT2D eigenvalue weighted by Gasteiger charge is 1.94. The van der Waals surface area contributed by atoms with E-state index in [1.807, 2.05) is 31.2 Å². The molecule has 0 atom stereocenters. The molecule has 0 aliphatic rings. The van der Waals surface area contributed by atoms with Gasteiger partial charge in [0.05, 0.1) is 18.9 Å². The second-order valence-electron chi connectivity index (χ2n) is 2.90. The number of benzene rings is 1.